The van der Waals surface area contributed by atoms with Crippen LogP contribution in [0, 0.1) is 6.92 Å². The third kappa shape index (κ3) is 2.27. The predicted molar refractivity (Wildman–Crippen MR) is 63.1 cm³/mol. The Labute approximate surface area is 99.5 Å². The normalized spacial score (nSPS) is 23.5. The predicted octanol–water partition coefficient (Wildman–Crippen LogP) is 0.434. The van der Waals surface area contributed by atoms with E-state index in [9.17, 15) is 8.42 Å². The first-order valence-electron chi connectivity index (χ1n) is 5.16. The first-order chi connectivity index (χ1) is 7.50. The van der Waals surface area contributed by atoms with Crippen molar-refractivity contribution in [3.05, 3.63) is 11.2 Å². The SMILES string of the molecule is Cc1ncc(S(=O)(=O)N2CCNC(C)C2)s1. The Morgan fingerprint density at radius 1 is 1.62 bits per heavy atom. The van der Waals surface area contributed by atoms with E-state index in [1.165, 1.54) is 21.8 Å². The second-order valence-electron chi connectivity index (χ2n) is 3.92. The molecule has 90 valence electrons. The van der Waals surface area contributed by atoms with Crippen molar-refractivity contribution in [2.45, 2.75) is 24.1 Å². The third-order valence-corrected chi connectivity index (χ3v) is 5.74. The van der Waals surface area contributed by atoms with Crippen LogP contribution in [0.15, 0.2) is 10.4 Å². The van der Waals surface area contributed by atoms with Gasteiger partial charge in [0.05, 0.1) is 11.2 Å². The van der Waals surface area contributed by atoms with Crippen LogP contribution in [-0.2, 0) is 10.0 Å². The van der Waals surface area contributed by atoms with Crippen LogP contribution in [0.3, 0.4) is 0 Å². The summed E-state index contributed by atoms with van der Waals surface area (Å²) in [6.07, 6.45) is 1.45. The Morgan fingerprint density at radius 3 is 2.94 bits per heavy atom. The summed E-state index contributed by atoms with van der Waals surface area (Å²) < 4.78 is 26.3. The van der Waals surface area contributed by atoms with Gasteiger partial charge in [-0.25, -0.2) is 13.4 Å². The second kappa shape index (κ2) is 4.40. The van der Waals surface area contributed by atoms with Crippen LogP contribution in [-0.4, -0.2) is 43.4 Å². The molecule has 0 spiro atoms. The van der Waals surface area contributed by atoms with Crippen LogP contribution < -0.4 is 5.32 Å². The average Bonchev–Trinajstić information content (AvgIpc) is 2.65. The van der Waals surface area contributed by atoms with Crippen LogP contribution in [0.4, 0.5) is 0 Å². The van der Waals surface area contributed by atoms with E-state index in [1.807, 2.05) is 13.8 Å². The highest BCUT2D eigenvalue weighted by atomic mass is 32.2. The van der Waals surface area contributed by atoms with Gasteiger partial charge in [0.25, 0.3) is 10.0 Å². The molecule has 1 unspecified atom stereocenters. The molecule has 1 aliphatic heterocycles. The lowest BCUT2D eigenvalue weighted by atomic mass is 10.3. The molecule has 0 aliphatic carbocycles. The smallest absolute Gasteiger partial charge is 0.254 e. The highest BCUT2D eigenvalue weighted by molar-refractivity contribution is 7.91. The van der Waals surface area contributed by atoms with Gasteiger partial charge in [-0.3, -0.25) is 0 Å². The summed E-state index contributed by atoms with van der Waals surface area (Å²) in [5, 5.41) is 4.00. The Bertz CT molecular complexity index is 469. The van der Waals surface area contributed by atoms with Crippen molar-refractivity contribution >= 4 is 21.4 Å². The molecule has 7 heteroatoms. The lowest BCUT2D eigenvalue weighted by molar-refractivity contribution is 0.310. The van der Waals surface area contributed by atoms with Gasteiger partial charge in [-0.05, 0) is 13.8 Å². The molecule has 16 heavy (non-hydrogen) atoms. The van der Waals surface area contributed by atoms with Crippen LogP contribution in [0.1, 0.15) is 11.9 Å². The molecule has 0 aromatic carbocycles. The summed E-state index contributed by atoms with van der Waals surface area (Å²) in [5.74, 6) is 0. The number of nitrogens with one attached hydrogen (secondary N) is 1. The Morgan fingerprint density at radius 2 is 2.38 bits per heavy atom. The summed E-state index contributed by atoms with van der Waals surface area (Å²) in [4.78, 5) is 3.99. The number of aryl methyl sites for hydroxylation is 1. The molecule has 1 N–H and O–H groups in total. The zero-order valence-corrected chi connectivity index (χ0v) is 10.9. The standard InChI is InChI=1S/C9H15N3O2S2/c1-7-6-12(4-3-10-7)16(13,14)9-5-11-8(2)15-9/h5,7,10H,3-4,6H2,1-2H3. The van der Waals surface area contributed by atoms with E-state index in [4.69, 9.17) is 0 Å². The molecule has 1 saturated heterocycles. The number of aromatic nitrogens is 1. The van der Waals surface area contributed by atoms with Crippen LogP contribution in [0.5, 0.6) is 0 Å². The van der Waals surface area contributed by atoms with Gasteiger partial charge < -0.3 is 5.32 Å². The number of thiazole rings is 1. The largest absolute Gasteiger partial charge is 0.312 e. The fourth-order valence-electron chi connectivity index (χ4n) is 1.70. The minimum atomic E-state index is -3.32. The summed E-state index contributed by atoms with van der Waals surface area (Å²) in [6.45, 7) is 5.56. The number of piperazine rings is 1. The van der Waals surface area contributed by atoms with Gasteiger partial charge in [-0.2, -0.15) is 4.31 Å². The van der Waals surface area contributed by atoms with Gasteiger partial charge >= 0.3 is 0 Å². The minimum absolute atomic E-state index is 0.206. The topological polar surface area (TPSA) is 62.3 Å². The van der Waals surface area contributed by atoms with Crippen molar-refractivity contribution in [2.75, 3.05) is 19.6 Å². The summed E-state index contributed by atoms with van der Waals surface area (Å²) in [5.41, 5.74) is 0. The molecule has 0 saturated carbocycles. The summed E-state index contributed by atoms with van der Waals surface area (Å²) in [7, 11) is -3.32. The van der Waals surface area contributed by atoms with Crippen molar-refractivity contribution in [2.24, 2.45) is 0 Å². The lowest BCUT2D eigenvalue weighted by Crippen LogP contribution is -2.51. The number of sulfonamides is 1. The van der Waals surface area contributed by atoms with Gasteiger partial charge in [-0.1, -0.05) is 0 Å². The fraction of sp³-hybridized carbons (Fsp3) is 0.667. The Balaban J connectivity index is 2.25. The molecule has 0 radical (unpaired) electrons. The zero-order valence-electron chi connectivity index (χ0n) is 9.30. The lowest BCUT2D eigenvalue weighted by Gasteiger charge is -2.30. The Hall–Kier alpha value is -0.500. The van der Waals surface area contributed by atoms with E-state index >= 15 is 0 Å². The molecular formula is C9H15N3O2S2. The van der Waals surface area contributed by atoms with E-state index in [0.717, 1.165) is 5.01 Å². The molecule has 5 nitrogen and oxygen atoms in total. The highest BCUT2D eigenvalue weighted by Gasteiger charge is 2.29. The fourth-order valence-corrected chi connectivity index (χ4v) is 4.50. The number of nitrogens with zero attached hydrogens (tertiary/aromatic N) is 2. The first-order valence-corrected chi connectivity index (χ1v) is 7.42. The highest BCUT2D eigenvalue weighted by Crippen LogP contribution is 2.22. The van der Waals surface area contributed by atoms with Crippen LogP contribution in [0.25, 0.3) is 0 Å². The molecule has 1 aromatic heterocycles. The number of hydrogen-bond donors (Lipinski definition) is 1. The van der Waals surface area contributed by atoms with Crippen molar-refractivity contribution in [3.8, 4) is 0 Å². The molecule has 2 heterocycles. The van der Waals surface area contributed by atoms with E-state index in [0.29, 0.717) is 23.8 Å². The van der Waals surface area contributed by atoms with E-state index in [2.05, 4.69) is 10.3 Å². The summed E-state index contributed by atoms with van der Waals surface area (Å²) in [6, 6.07) is 0.206. The van der Waals surface area contributed by atoms with E-state index in [1.54, 1.807) is 0 Å². The number of rotatable bonds is 2. The summed E-state index contributed by atoms with van der Waals surface area (Å²) >= 11 is 1.23. The van der Waals surface area contributed by atoms with Gasteiger partial charge in [0.1, 0.15) is 0 Å². The van der Waals surface area contributed by atoms with E-state index < -0.39 is 10.0 Å². The molecule has 1 aromatic rings. The maximum atomic E-state index is 12.2. The van der Waals surface area contributed by atoms with Gasteiger partial charge in [0.15, 0.2) is 4.21 Å². The molecule has 2 rings (SSSR count). The molecule has 1 atom stereocenters. The van der Waals surface area contributed by atoms with Crippen LogP contribution in [0.2, 0.25) is 0 Å². The quantitative estimate of drug-likeness (QED) is 0.839. The maximum Gasteiger partial charge on any atom is 0.254 e. The molecular weight excluding hydrogens is 246 g/mol. The zero-order chi connectivity index (χ0) is 11.8. The second-order valence-corrected chi connectivity index (χ2v) is 7.32. The van der Waals surface area contributed by atoms with Gasteiger partial charge in [-0.15, -0.1) is 11.3 Å². The van der Waals surface area contributed by atoms with Crippen LogP contribution >= 0.6 is 11.3 Å². The number of hydrogen-bond acceptors (Lipinski definition) is 5. The molecule has 0 amide bonds. The van der Waals surface area contributed by atoms with Crippen molar-refractivity contribution in [3.63, 3.8) is 0 Å². The average molecular weight is 261 g/mol. The van der Waals surface area contributed by atoms with Crippen molar-refractivity contribution < 1.29 is 8.42 Å². The van der Waals surface area contributed by atoms with Crippen molar-refractivity contribution in [1.82, 2.24) is 14.6 Å². The molecule has 1 aliphatic rings. The van der Waals surface area contributed by atoms with Gasteiger partial charge in [0, 0.05) is 25.7 Å². The Kier molecular flexibility index (Phi) is 3.29. The maximum absolute atomic E-state index is 12.2. The minimum Gasteiger partial charge on any atom is -0.312 e. The third-order valence-electron chi connectivity index (χ3n) is 2.53. The molecule has 0 bridgehead atoms. The molecule has 1 fully saturated rings. The monoisotopic (exact) mass is 261 g/mol. The van der Waals surface area contributed by atoms with E-state index in [-0.39, 0.29) is 6.04 Å². The first kappa shape index (κ1) is 12.0. The van der Waals surface area contributed by atoms with Crippen molar-refractivity contribution in [1.29, 1.82) is 0 Å². The van der Waals surface area contributed by atoms with Gasteiger partial charge in [0.2, 0.25) is 0 Å².